The Labute approximate surface area is 115 Å². The van der Waals surface area contributed by atoms with E-state index in [1.54, 1.807) is 6.07 Å². The normalized spacial score (nSPS) is 10.2. The van der Waals surface area contributed by atoms with Gasteiger partial charge in [-0.2, -0.15) is 0 Å². The number of halogens is 1. The van der Waals surface area contributed by atoms with Crippen molar-refractivity contribution in [3.05, 3.63) is 52.5 Å². The van der Waals surface area contributed by atoms with Crippen LogP contribution in [0.15, 0.2) is 36.4 Å². The second kappa shape index (κ2) is 5.20. The molecule has 0 aliphatic heterocycles. The molecule has 0 radical (unpaired) electrons. The highest BCUT2D eigenvalue weighted by atomic mass is 35.5. The number of carbonyl (C=O) groups excluding carboxylic acids is 1. The Kier molecular flexibility index (Phi) is 3.62. The van der Waals surface area contributed by atoms with Crippen molar-refractivity contribution in [1.82, 2.24) is 0 Å². The minimum absolute atomic E-state index is 0.159. The first-order chi connectivity index (χ1) is 8.97. The largest absolute Gasteiger partial charge is 0.455 e. The zero-order valence-corrected chi connectivity index (χ0v) is 11.1. The lowest BCUT2D eigenvalue weighted by molar-refractivity contribution is 0.0998. The summed E-state index contributed by atoms with van der Waals surface area (Å²) in [5.41, 5.74) is 12.5. The van der Waals surface area contributed by atoms with Gasteiger partial charge in [-0.3, -0.25) is 4.79 Å². The number of nitrogen functional groups attached to an aromatic ring is 1. The van der Waals surface area contributed by atoms with Gasteiger partial charge in [0.25, 0.3) is 5.91 Å². The van der Waals surface area contributed by atoms with Crippen molar-refractivity contribution in [3.8, 4) is 11.5 Å². The summed E-state index contributed by atoms with van der Waals surface area (Å²) in [6, 6.07) is 10.3. The zero-order chi connectivity index (χ0) is 14.0. The molecular weight excluding hydrogens is 264 g/mol. The smallest absolute Gasteiger partial charge is 0.252 e. The predicted molar refractivity (Wildman–Crippen MR) is 75.6 cm³/mol. The summed E-state index contributed by atoms with van der Waals surface area (Å²) in [5, 5.41) is 0.246. The number of hydrogen-bond donors (Lipinski definition) is 2. The molecule has 2 aromatic carbocycles. The van der Waals surface area contributed by atoms with Crippen molar-refractivity contribution in [2.45, 2.75) is 6.92 Å². The van der Waals surface area contributed by atoms with Crippen molar-refractivity contribution in [2.24, 2.45) is 5.73 Å². The maximum atomic E-state index is 11.4. The van der Waals surface area contributed by atoms with Crippen LogP contribution < -0.4 is 16.2 Å². The van der Waals surface area contributed by atoms with Crippen LogP contribution in [0.25, 0.3) is 0 Å². The number of ether oxygens (including phenoxy) is 1. The number of anilines is 1. The summed E-state index contributed by atoms with van der Waals surface area (Å²) in [7, 11) is 0. The van der Waals surface area contributed by atoms with Gasteiger partial charge >= 0.3 is 0 Å². The van der Waals surface area contributed by atoms with Crippen LogP contribution in [0, 0.1) is 6.92 Å². The Balaban J connectivity index is 2.47. The fourth-order valence-corrected chi connectivity index (χ4v) is 1.96. The third-order valence-electron chi connectivity index (χ3n) is 2.54. The van der Waals surface area contributed by atoms with Crippen LogP contribution in [-0.4, -0.2) is 5.91 Å². The molecule has 0 aliphatic rings. The van der Waals surface area contributed by atoms with Gasteiger partial charge in [0.15, 0.2) is 5.75 Å². The van der Waals surface area contributed by atoms with Crippen molar-refractivity contribution in [1.29, 1.82) is 0 Å². The van der Waals surface area contributed by atoms with E-state index >= 15 is 0 Å². The highest BCUT2D eigenvalue weighted by Crippen LogP contribution is 2.35. The number of benzene rings is 2. The average Bonchev–Trinajstić information content (AvgIpc) is 2.32. The summed E-state index contributed by atoms with van der Waals surface area (Å²) in [6.45, 7) is 1.94. The minimum atomic E-state index is -0.642. The van der Waals surface area contributed by atoms with E-state index < -0.39 is 5.91 Å². The van der Waals surface area contributed by atoms with E-state index in [1.807, 2.05) is 25.1 Å². The molecule has 0 spiro atoms. The second-order valence-electron chi connectivity index (χ2n) is 4.16. The molecule has 98 valence electrons. The van der Waals surface area contributed by atoms with Gasteiger partial charge in [-0.05, 0) is 36.8 Å². The summed E-state index contributed by atoms with van der Waals surface area (Å²) in [4.78, 5) is 11.4. The second-order valence-corrected chi connectivity index (χ2v) is 4.57. The maximum absolute atomic E-state index is 11.4. The first-order valence-electron chi connectivity index (χ1n) is 5.60. The van der Waals surface area contributed by atoms with Crippen LogP contribution in [0.2, 0.25) is 5.02 Å². The van der Waals surface area contributed by atoms with Gasteiger partial charge in [0.05, 0.1) is 10.6 Å². The summed E-state index contributed by atoms with van der Waals surface area (Å²) in [6.07, 6.45) is 0. The molecule has 0 saturated carbocycles. The molecule has 0 atom stereocenters. The lowest BCUT2D eigenvalue weighted by atomic mass is 10.1. The van der Waals surface area contributed by atoms with Gasteiger partial charge in [-0.25, -0.2) is 0 Å². The topological polar surface area (TPSA) is 78.3 Å². The van der Waals surface area contributed by atoms with E-state index in [1.165, 1.54) is 12.1 Å². The van der Waals surface area contributed by atoms with Gasteiger partial charge in [0.2, 0.25) is 0 Å². The van der Waals surface area contributed by atoms with Crippen LogP contribution in [0.4, 0.5) is 5.69 Å². The van der Waals surface area contributed by atoms with Crippen molar-refractivity contribution in [3.63, 3.8) is 0 Å². The molecule has 0 bridgehead atoms. The van der Waals surface area contributed by atoms with Gasteiger partial charge in [-0.15, -0.1) is 0 Å². The van der Waals surface area contributed by atoms with E-state index in [0.29, 0.717) is 11.4 Å². The minimum Gasteiger partial charge on any atom is -0.455 e. The highest BCUT2D eigenvalue weighted by molar-refractivity contribution is 6.33. The lowest BCUT2D eigenvalue weighted by Gasteiger charge is -2.12. The number of rotatable bonds is 3. The Morgan fingerprint density at radius 1 is 1.26 bits per heavy atom. The first-order valence-corrected chi connectivity index (χ1v) is 5.98. The molecule has 4 nitrogen and oxygen atoms in total. The molecule has 2 rings (SSSR count). The van der Waals surface area contributed by atoms with E-state index in [0.717, 1.165) is 5.56 Å². The van der Waals surface area contributed by atoms with E-state index in [-0.39, 0.29) is 16.3 Å². The number of hydrogen-bond acceptors (Lipinski definition) is 3. The number of amides is 1. The monoisotopic (exact) mass is 276 g/mol. The van der Waals surface area contributed by atoms with E-state index in [9.17, 15) is 4.79 Å². The first kappa shape index (κ1) is 13.2. The molecule has 2 aromatic rings. The van der Waals surface area contributed by atoms with Crippen LogP contribution in [0.1, 0.15) is 15.9 Å². The van der Waals surface area contributed by atoms with Crippen molar-refractivity contribution >= 4 is 23.2 Å². The molecule has 0 aromatic heterocycles. The summed E-state index contributed by atoms with van der Waals surface area (Å²) in [5.74, 6) is 0.153. The van der Waals surface area contributed by atoms with Crippen LogP contribution >= 0.6 is 11.6 Å². The Hall–Kier alpha value is -2.20. The molecule has 5 heteroatoms. The Morgan fingerprint density at radius 2 is 2.00 bits per heavy atom. The molecule has 0 aliphatic carbocycles. The number of aryl methyl sites for hydroxylation is 1. The highest BCUT2D eigenvalue weighted by Gasteiger charge is 2.15. The van der Waals surface area contributed by atoms with E-state index in [2.05, 4.69) is 0 Å². The third-order valence-corrected chi connectivity index (χ3v) is 2.82. The Bertz CT molecular complexity index is 641. The summed E-state index contributed by atoms with van der Waals surface area (Å²) < 4.78 is 5.65. The number of carbonyl (C=O) groups is 1. The SMILES string of the molecule is Cc1cccc(Oc2c(Cl)cc(N)cc2C(N)=O)c1. The summed E-state index contributed by atoms with van der Waals surface area (Å²) >= 11 is 6.06. The molecule has 0 heterocycles. The standard InChI is InChI=1S/C14H13ClN2O2/c1-8-3-2-4-10(5-8)19-13-11(14(17)18)6-9(16)7-12(13)15/h2-7H,16H2,1H3,(H2,17,18). The van der Waals surface area contributed by atoms with Gasteiger partial charge in [0, 0.05) is 5.69 Å². The fraction of sp³-hybridized carbons (Fsp3) is 0.0714. The molecule has 19 heavy (non-hydrogen) atoms. The lowest BCUT2D eigenvalue weighted by Crippen LogP contribution is -2.13. The van der Waals surface area contributed by atoms with Crippen molar-refractivity contribution in [2.75, 3.05) is 5.73 Å². The zero-order valence-electron chi connectivity index (χ0n) is 10.3. The predicted octanol–water partition coefficient (Wildman–Crippen LogP) is 3.12. The molecule has 0 unspecified atom stereocenters. The fourth-order valence-electron chi connectivity index (χ4n) is 1.70. The van der Waals surface area contributed by atoms with Gasteiger partial charge in [0.1, 0.15) is 5.75 Å². The average molecular weight is 277 g/mol. The molecule has 1 amide bonds. The van der Waals surface area contributed by atoms with Gasteiger partial charge < -0.3 is 16.2 Å². The number of nitrogens with two attached hydrogens (primary N) is 2. The molecular formula is C14H13ClN2O2. The van der Waals surface area contributed by atoms with Crippen LogP contribution in [0.5, 0.6) is 11.5 Å². The third kappa shape index (κ3) is 2.98. The molecule has 4 N–H and O–H groups in total. The number of primary amides is 1. The molecule has 0 saturated heterocycles. The van der Waals surface area contributed by atoms with Gasteiger partial charge in [-0.1, -0.05) is 23.7 Å². The van der Waals surface area contributed by atoms with Crippen LogP contribution in [0.3, 0.4) is 0 Å². The van der Waals surface area contributed by atoms with E-state index in [4.69, 9.17) is 27.8 Å². The quantitative estimate of drug-likeness (QED) is 0.846. The maximum Gasteiger partial charge on any atom is 0.252 e. The van der Waals surface area contributed by atoms with Crippen molar-refractivity contribution < 1.29 is 9.53 Å². The van der Waals surface area contributed by atoms with Crippen LogP contribution in [-0.2, 0) is 0 Å². The Morgan fingerprint density at radius 3 is 2.63 bits per heavy atom. The molecule has 0 fully saturated rings.